The van der Waals surface area contributed by atoms with Gasteiger partial charge in [-0.15, -0.1) is 11.3 Å². The van der Waals surface area contributed by atoms with Gasteiger partial charge in [0.2, 0.25) is 0 Å². The van der Waals surface area contributed by atoms with Crippen molar-refractivity contribution in [1.29, 1.82) is 0 Å². The first kappa shape index (κ1) is 11.3. The van der Waals surface area contributed by atoms with Crippen LogP contribution < -0.4 is 0 Å². The van der Waals surface area contributed by atoms with E-state index in [1.54, 1.807) is 11.3 Å². The van der Waals surface area contributed by atoms with Gasteiger partial charge in [-0.2, -0.15) is 0 Å². The van der Waals surface area contributed by atoms with Crippen LogP contribution in [-0.2, 0) is 6.42 Å². The zero-order chi connectivity index (χ0) is 12.0. The molecule has 0 aliphatic carbocycles. The molecule has 2 aromatic rings. The third-order valence-corrected chi connectivity index (χ3v) is 4.70. The highest BCUT2D eigenvalue weighted by Gasteiger charge is 2.24. The van der Waals surface area contributed by atoms with E-state index in [9.17, 15) is 0 Å². The Morgan fingerprint density at radius 1 is 1.47 bits per heavy atom. The summed E-state index contributed by atoms with van der Waals surface area (Å²) in [5.41, 5.74) is 1.21. The number of fused-ring (bicyclic) bond motifs is 1. The largest absolute Gasteiger partial charge is 0.323 e. The lowest BCUT2D eigenvalue weighted by Crippen LogP contribution is -2.15. The maximum absolute atomic E-state index is 6.26. The summed E-state index contributed by atoms with van der Waals surface area (Å²) in [5.74, 6) is 1.05. The molecule has 17 heavy (non-hydrogen) atoms. The minimum Gasteiger partial charge on any atom is -0.323 e. The van der Waals surface area contributed by atoms with Crippen LogP contribution >= 0.6 is 22.9 Å². The van der Waals surface area contributed by atoms with Crippen LogP contribution in [0.25, 0.3) is 10.7 Å². The standard InChI is InChI=1S/C13H15ClN2S/c1-8-4-3-5-10-12(14)15-13(16(8)10)11-7-6-9(2)17-11/h6-8H,3-5H2,1-2H3. The Kier molecular flexibility index (Phi) is 2.75. The molecule has 90 valence electrons. The minimum atomic E-state index is 0.510. The van der Waals surface area contributed by atoms with E-state index >= 15 is 0 Å². The molecule has 0 fully saturated rings. The second-order valence-electron chi connectivity index (χ2n) is 4.69. The summed E-state index contributed by atoms with van der Waals surface area (Å²) in [5, 5.41) is 0.692. The van der Waals surface area contributed by atoms with Crippen molar-refractivity contribution in [3.05, 3.63) is 27.9 Å². The monoisotopic (exact) mass is 266 g/mol. The molecule has 1 atom stereocenters. The summed E-state index contributed by atoms with van der Waals surface area (Å²) in [4.78, 5) is 7.11. The molecular formula is C13H15ClN2S. The molecule has 4 heteroatoms. The number of aryl methyl sites for hydroxylation is 1. The average molecular weight is 267 g/mol. The van der Waals surface area contributed by atoms with Crippen molar-refractivity contribution >= 4 is 22.9 Å². The molecular weight excluding hydrogens is 252 g/mol. The Hall–Kier alpha value is -0.800. The first-order valence-electron chi connectivity index (χ1n) is 6.00. The minimum absolute atomic E-state index is 0.510. The number of imidazole rings is 1. The van der Waals surface area contributed by atoms with Crippen LogP contribution in [0.3, 0.4) is 0 Å². The van der Waals surface area contributed by atoms with Crippen molar-refractivity contribution < 1.29 is 0 Å². The van der Waals surface area contributed by atoms with E-state index in [-0.39, 0.29) is 0 Å². The Morgan fingerprint density at radius 2 is 2.29 bits per heavy atom. The second-order valence-corrected chi connectivity index (χ2v) is 6.34. The molecule has 1 aliphatic heterocycles. The van der Waals surface area contributed by atoms with Gasteiger partial charge in [0, 0.05) is 10.9 Å². The number of nitrogens with zero attached hydrogens (tertiary/aromatic N) is 2. The molecule has 3 heterocycles. The van der Waals surface area contributed by atoms with Gasteiger partial charge in [-0.05, 0) is 45.2 Å². The van der Waals surface area contributed by atoms with Gasteiger partial charge >= 0.3 is 0 Å². The summed E-state index contributed by atoms with van der Waals surface area (Å²) in [6.07, 6.45) is 3.49. The maximum Gasteiger partial charge on any atom is 0.152 e. The van der Waals surface area contributed by atoms with Crippen molar-refractivity contribution in [2.45, 2.75) is 39.2 Å². The second kappa shape index (κ2) is 4.14. The third kappa shape index (κ3) is 1.81. The lowest BCUT2D eigenvalue weighted by molar-refractivity contribution is 0.436. The summed E-state index contributed by atoms with van der Waals surface area (Å²) in [7, 11) is 0. The first-order chi connectivity index (χ1) is 8.16. The van der Waals surface area contributed by atoms with Gasteiger partial charge in [-0.25, -0.2) is 4.98 Å². The molecule has 0 bridgehead atoms. The first-order valence-corrected chi connectivity index (χ1v) is 7.19. The molecule has 0 aromatic carbocycles. The van der Waals surface area contributed by atoms with Crippen molar-refractivity contribution in [2.24, 2.45) is 0 Å². The predicted octanol–water partition coefficient (Wildman–Crippen LogP) is 4.47. The van der Waals surface area contributed by atoms with Gasteiger partial charge in [0.1, 0.15) is 0 Å². The molecule has 0 spiro atoms. The van der Waals surface area contributed by atoms with Gasteiger partial charge < -0.3 is 4.57 Å². The number of rotatable bonds is 1. The van der Waals surface area contributed by atoms with Gasteiger partial charge in [-0.1, -0.05) is 11.6 Å². The Bertz CT molecular complexity index is 556. The van der Waals surface area contributed by atoms with Crippen molar-refractivity contribution in [2.75, 3.05) is 0 Å². The van der Waals surface area contributed by atoms with Crippen LogP contribution in [-0.4, -0.2) is 9.55 Å². The topological polar surface area (TPSA) is 17.8 Å². The van der Waals surface area contributed by atoms with Crippen molar-refractivity contribution in [3.8, 4) is 10.7 Å². The summed E-state index contributed by atoms with van der Waals surface area (Å²) >= 11 is 8.04. The smallest absolute Gasteiger partial charge is 0.152 e. The molecule has 3 rings (SSSR count). The molecule has 2 aromatic heterocycles. The summed E-state index contributed by atoms with van der Waals surface area (Å²) < 4.78 is 2.33. The molecule has 0 saturated heterocycles. The van der Waals surface area contributed by atoms with E-state index in [4.69, 9.17) is 11.6 Å². The molecule has 1 unspecified atom stereocenters. The number of thiophene rings is 1. The van der Waals surface area contributed by atoms with Crippen LogP contribution in [0.15, 0.2) is 12.1 Å². The van der Waals surface area contributed by atoms with Crippen molar-refractivity contribution in [3.63, 3.8) is 0 Å². The summed E-state index contributed by atoms with van der Waals surface area (Å²) in [6.45, 7) is 4.38. The van der Waals surface area contributed by atoms with Gasteiger partial charge in [0.05, 0.1) is 10.6 Å². The zero-order valence-electron chi connectivity index (χ0n) is 10.0. The Balaban J connectivity index is 2.18. The molecule has 0 saturated carbocycles. The molecule has 1 aliphatic rings. The van der Waals surface area contributed by atoms with Gasteiger partial charge in [-0.3, -0.25) is 0 Å². The van der Waals surface area contributed by atoms with Crippen molar-refractivity contribution in [1.82, 2.24) is 9.55 Å². The van der Waals surface area contributed by atoms with E-state index in [2.05, 4.69) is 35.5 Å². The van der Waals surface area contributed by atoms with Crippen LogP contribution in [0.4, 0.5) is 0 Å². The third-order valence-electron chi connectivity index (χ3n) is 3.40. The maximum atomic E-state index is 6.26. The van der Waals surface area contributed by atoms with E-state index in [0.29, 0.717) is 11.2 Å². The van der Waals surface area contributed by atoms with Gasteiger partial charge in [0.25, 0.3) is 0 Å². The lowest BCUT2D eigenvalue weighted by atomic mass is 10.0. The highest BCUT2D eigenvalue weighted by molar-refractivity contribution is 7.15. The highest BCUT2D eigenvalue weighted by atomic mass is 35.5. The quantitative estimate of drug-likeness (QED) is 0.745. The summed E-state index contributed by atoms with van der Waals surface area (Å²) in [6, 6.07) is 4.80. The number of hydrogen-bond acceptors (Lipinski definition) is 2. The van der Waals surface area contributed by atoms with Crippen LogP contribution in [0.2, 0.25) is 5.15 Å². The molecule has 2 nitrogen and oxygen atoms in total. The fourth-order valence-corrected chi connectivity index (χ4v) is 3.68. The van der Waals surface area contributed by atoms with Crippen LogP contribution in [0, 0.1) is 6.92 Å². The van der Waals surface area contributed by atoms with E-state index in [0.717, 1.165) is 12.2 Å². The fraction of sp³-hybridized carbons (Fsp3) is 0.462. The Morgan fingerprint density at radius 3 is 3.00 bits per heavy atom. The van der Waals surface area contributed by atoms with E-state index < -0.39 is 0 Å². The van der Waals surface area contributed by atoms with E-state index in [1.807, 2.05) is 0 Å². The number of aromatic nitrogens is 2. The normalized spacial score (nSPS) is 19.4. The predicted molar refractivity (Wildman–Crippen MR) is 72.9 cm³/mol. The molecule has 0 amide bonds. The number of hydrogen-bond donors (Lipinski definition) is 0. The highest BCUT2D eigenvalue weighted by Crippen LogP contribution is 2.37. The number of halogens is 1. The van der Waals surface area contributed by atoms with Crippen LogP contribution in [0.1, 0.15) is 36.4 Å². The zero-order valence-corrected chi connectivity index (χ0v) is 11.6. The fourth-order valence-electron chi connectivity index (χ4n) is 2.56. The van der Waals surface area contributed by atoms with Gasteiger partial charge in [0.15, 0.2) is 11.0 Å². The average Bonchev–Trinajstić information content (AvgIpc) is 2.85. The molecule has 0 radical (unpaired) electrons. The molecule has 0 N–H and O–H groups in total. The Labute approximate surface area is 110 Å². The van der Waals surface area contributed by atoms with Crippen LogP contribution in [0.5, 0.6) is 0 Å². The van der Waals surface area contributed by atoms with E-state index in [1.165, 1.54) is 28.3 Å². The SMILES string of the molecule is Cc1ccc(-c2nc(Cl)c3n2C(C)CCC3)s1. The lowest BCUT2D eigenvalue weighted by Gasteiger charge is -2.23.